The number of anilines is 2. The number of amides is 2. The van der Waals surface area contributed by atoms with Gasteiger partial charge < -0.3 is 25.0 Å². The maximum atomic E-state index is 12.2. The number of aryl methyl sites for hydroxylation is 1. The van der Waals surface area contributed by atoms with Gasteiger partial charge in [0.2, 0.25) is 11.8 Å². The molecule has 0 atom stereocenters. The van der Waals surface area contributed by atoms with Crippen molar-refractivity contribution in [2.45, 2.75) is 12.8 Å². The molecule has 0 aliphatic carbocycles. The topological polar surface area (TPSA) is 79.9 Å². The van der Waals surface area contributed by atoms with Gasteiger partial charge in [-0.25, -0.2) is 0 Å². The Labute approximate surface area is 172 Å². The lowest BCUT2D eigenvalue weighted by Gasteiger charge is -2.11. The highest BCUT2D eigenvalue weighted by Crippen LogP contribution is 2.16. The number of nitrogens with one attached hydrogen (secondary N) is 2. The molecule has 0 aliphatic rings. The highest BCUT2D eigenvalue weighted by atomic mass is 16.5. The molecule has 29 heavy (non-hydrogen) atoms. The number of nitrogens with zero attached hydrogens (tertiary/aromatic N) is 1. The molecule has 156 valence electrons. The molecule has 0 saturated carbocycles. The van der Waals surface area contributed by atoms with Crippen LogP contribution in [0.4, 0.5) is 11.4 Å². The number of hydrogen-bond acceptors (Lipinski definition) is 5. The summed E-state index contributed by atoms with van der Waals surface area (Å²) in [7, 11) is 5.13. The summed E-state index contributed by atoms with van der Waals surface area (Å²) >= 11 is 0. The minimum Gasteiger partial charge on any atom is -0.491 e. The summed E-state index contributed by atoms with van der Waals surface area (Å²) in [4.78, 5) is 25.5. The molecule has 0 fully saturated rings. The Morgan fingerprint density at radius 2 is 1.76 bits per heavy atom. The van der Waals surface area contributed by atoms with Crippen molar-refractivity contribution in [3.63, 3.8) is 0 Å². The van der Waals surface area contributed by atoms with Crippen molar-refractivity contribution < 1.29 is 19.1 Å². The summed E-state index contributed by atoms with van der Waals surface area (Å²) < 4.78 is 10.4. The van der Waals surface area contributed by atoms with Crippen molar-refractivity contribution >= 4 is 23.2 Å². The third kappa shape index (κ3) is 8.23. The van der Waals surface area contributed by atoms with Crippen LogP contribution in [0, 0.1) is 0 Å². The maximum Gasteiger partial charge on any atom is 0.243 e. The Morgan fingerprint density at radius 3 is 2.45 bits per heavy atom. The fourth-order valence-electron chi connectivity index (χ4n) is 2.58. The van der Waals surface area contributed by atoms with Gasteiger partial charge in [0.25, 0.3) is 0 Å². The van der Waals surface area contributed by atoms with Gasteiger partial charge in [0.15, 0.2) is 0 Å². The van der Waals surface area contributed by atoms with Gasteiger partial charge in [0, 0.05) is 39.0 Å². The van der Waals surface area contributed by atoms with Gasteiger partial charge in [0.1, 0.15) is 12.4 Å². The van der Waals surface area contributed by atoms with E-state index in [-0.39, 0.29) is 18.4 Å². The Morgan fingerprint density at radius 1 is 1.00 bits per heavy atom. The Hall–Kier alpha value is -3.06. The molecule has 7 nitrogen and oxygen atoms in total. The molecule has 0 unspecified atom stereocenters. The van der Waals surface area contributed by atoms with Crippen molar-refractivity contribution in [3.8, 4) is 5.75 Å². The van der Waals surface area contributed by atoms with Crippen molar-refractivity contribution in [1.29, 1.82) is 0 Å². The van der Waals surface area contributed by atoms with Gasteiger partial charge >= 0.3 is 0 Å². The molecule has 7 heteroatoms. The van der Waals surface area contributed by atoms with E-state index < -0.39 is 0 Å². The summed E-state index contributed by atoms with van der Waals surface area (Å²) in [6.07, 6.45) is 1.12. The van der Waals surface area contributed by atoms with Crippen molar-refractivity contribution in [3.05, 3.63) is 54.1 Å². The van der Waals surface area contributed by atoms with E-state index in [1.165, 1.54) is 0 Å². The Bertz CT molecular complexity index is 791. The number of rotatable bonds is 11. The molecule has 2 N–H and O–H groups in total. The molecule has 2 amide bonds. The zero-order valence-electron chi connectivity index (χ0n) is 17.2. The van der Waals surface area contributed by atoms with E-state index >= 15 is 0 Å². The Balaban J connectivity index is 1.78. The first-order chi connectivity index (χ1) is 14.0. The van der Waals surface area contributed by atoms with E-state index in [4.69, 9.17) is 9.47 Å². The second-order valence-corrected chi connectivity index (χ2v) is 6.76. The van der Waals surface area contributed by atoms with E-state index in [9.17, 15) is 9.59 Å². The largest absolute Gasteiger partial charge is 0.491 e. The molecule has 2 aromatic rings. The molecule has 2 rings (SSSR count). The summed E-state index contributed by atoms with van der Waals surface area (Å²) in [5.74, 6) is 0.673. The quantitative estimate of drug-likeness (QED) is 0.568. The first-order valence-electron chi connectivity index (χ1n) is 9.52. The molecular formula is C22H29N3O4. The molecule has 0 aromatic heterocycles. The summed E-state index contributed by atoms with van der Waals surface area (Å²) in [5, 5.41) is 5.96. The smallest absolute Gasteiger partial charge is 0.243 e. The predicted molar refractivity (Wildman–Crippen MR) is 114 cm³/mol. The Kier molecular flexibility index (Phi) is 8.98. The van der Waals surface area contributed by atoms with Crippen LogP contribution in [0.25, 0.3) is 0 Å². The minimum atomic E-state index is -0.147. The number of hydrogen-bond donors (Lipinski definition) is 2. The van der Waals surface area contributed by atoms with Crippen LogP contribution in [0.5, 0.6) is 5.75 Å². The molecule has 0 bridgehead atoms. The van der Waals surface area contributed by atoms with E-state index in [0.717, 1.165) is 17.0 Å². The SMILES string of the molecule is COCCOc1ccc(NC(=O)CNc2cccc(CCC(=O)N(C)C)c2)cc1. The number of ether oxygens (including phenoxy) is 2. The summed E-state index contributed by atoms with van der Waals surface area (Å²) in [6.45, 7) is 1.15. The first-order valence-corrected chi connectivity index (χ1v) is 9.52. The second-order valence-electron chi connectivity index (χ2n) is 6.76. The van der Waals surface area contributed by atoms with Gasteiger partial charge in [-0.15, -0.1) is 0 Å². The van der Waals surface area contributed by atoms with Crippen LogP contribution in [0.1, 0.15) is 12.0 Å². The van der Waals surface area contributed by atoms with Gasteiger partial charge in [-0.3, -0.25) is 9.59 Å². The van der Waals surface area contributed by atoms with Gasteiger partial charge in [0.05, 0.1) is 13.2 Å². The fraction of sp³-hybridized carbons (Fsp3) is 0.364. The van der Waals surface area contributed by atoms with Crippen LogP contribution in [0.3, 0.4) is 0 Å². The van der Waals surface area contributed by atoms with Crippen LogP contribution < -0.4 is 15.4 Å². The predicted octanol–water partition coefficient (Wildman–Crippen LogP) is 2.78. The van der Waals surface area contributed by atoms with Crippen LogP contribution in [0.15, 0.2) is 48.5 Å². The van der Waals surface area contributed by atoms with E-state index in [0.29, 0.717) is 31.7 Å². The molecule has 2 aromatic carbocycles. The van der Waals surface area contributed by atoms with E-state index in [1.807, 2.05) is 24.3 Å². The molecule has 0 aliphatic heterocycles. The van der Waals surface area contributed by atoms with Crippen LogP contribution in [0.2, 0.25) is 0 Å². The summed E-state index contributed by atoms with van der Waals surface area (Å²) in [5.41, 5.74) is 2.60. The van der Waals surface area contributed by atoms with Crippen molar-refractivity contribution in [2.24, 2.45) is 0 Å². The number of methoxy groups -OCH3 is 1. The lowest BCUT2D eigenvalue weighted by Crippen LogP contribution is -2.22. The van der Waals surface area contributed by atoms with Crippen molar-refractivity contribution in [1.82, 2.24) is 4.90 Å². The third-order valence-corrected chi connectivity index (χ3v) is 4.20. The highest BCUT2D eigenvalue weighted by molar-refractivity contribution is 5.93. The fourth-order valence-corrected chi connectivity index (χ4v) is 2.58. The first kappa shape index (κ1) is 22.2. The van der Waals surface area contributed by atoms with E-state index in [1.54, 1.807) is 50.4 Å². The maximum absolute atomic E-state index is 12.2. The highest BCUT2D eigenvalue weighted by Gasteiger charge is 2.06. The van der Waals surface area contributed by atoms with E-state index in [2.05, 4.69) is 10.6 Å². The zero-order chi connectivity index (χ0) is 21.1. The number of carbonyl (C=O) groups excluding carboxylic acids is 2. The van der Waals surface area contributed by atoms with Gasteiger partial charge in [-0.05, 0) is 48.4 Å². The normalized spacial score (nSPS) is 10.3. The molecule has 0 saturated heterocycles. The van der Waals surface area contributed by atoms with Gasteiger partial charge in [-0.1, -0.05) is 12.1 Å². The van der Waals surface area contributed by atoms with Gasteiger partial charge in [-0.2, -0.15) is 0 Å². The lowest BCUT2D eigenvalue weighted by molar-refractivity contribution is -0.128. The average molecular weight is 399 g/mol. The van der Waals surface area contributed by atoms with Crippen LogP contribution in [-0.2, 0) is 20.7 Å². The molecule has 0 spiro atoms. The van der Waals surface area contributed by atoms with Crippen LogP contribution >= 0.6 is 0 Å². The minimum absolute atomic E-state index is 0.0952. The average Bonchev–Trinajstić information content (AvgIpc) is 2.72. The third-order valence-electron chi connectivity index (χ3n) is 4.20. The monoisotopic (exact) mass is 399 g/mol. The summed E-state index contributed by atoms with van der Waals surface area (Å²) in [6, 6.07) is 14.9. The zero-order valence-corrected chi connectivity index (χ0v) is 17.2. The number of benzene rings is 2. The molecular weight excluding hydrogens is 370 g/mol. The van der Waals surface area contributed by atoms with Crippen LogP contribution in [-0.4, -0.2) is 57.7 Å². The lowest BCUT2D eigenvalue weighted by atomic mass is 10.1. The molecule has 0 radical (unpaired) electrons. The van der Waals surface area contributed by atoms with Crippen molar-refractivity contribution in [2.75, 3.05) is 51.6 Å². The molecule has 0 heterocycles. The standard InChI is InChI=1S/C22H29N3O4/c1-25(2)22(27)12-7-17-5-4-6-19(15-17)23-16-21(26)24-18-8-10-20(11-9-18)29-14-13-28-3/h4-6,8-11,15,23H,7,12-14,16H2,1-3H3,(H,24,26). The second kappa shape index (κ2) is 11.7. The number of carbonyl (C=O) groups is 2.